The Labute approximate surface area is 132 Å². The molecule has 2 unspecified atom stereocenters. The molecule has 0 radical (unpaired) electrons. The highest BCUT2D eigenvalue weighted by Crippen LogP contribution is 2.29. The van der Waals surface area contributed by atoms with Gasteiger partial charge in [0.15, 0.2) is 0 Å². The third-order valence-corrected chi connectivity index (χ3v) is 4.02. The fraction of sp³-hybridized carbons (Fsp3) is 0.250. The molecule has 2 aromatic carbocycles. The van der Waals surface area contributed by atoms with Gasteiger partial charge in [-0.15, -0.1) is 0 Å². The quantitative estimate of drug-likeness (QED) is 0.780. The minimum absolute atomic E-state index is 0.187. The first-order valence-electron chi connectivity index (χ1n) is 6.54. The van der Waals surface area contributed by atoms with Crippen LogP contribution in [0.2, 0.25) is 0 Å². The monoisotopic (exact) mass is 385 g/mol. The number of hydrogen-bond acceptors (Lipinski definition) is 2. The van der Waals surface area contributed by atoms with Gasteiger partial charge in [-0.1, -0.05) is 31.2 Å². The van der Waals surface area contributed by atoms with Crippen LogP contribution >= 0.6 is 22.6 Å². The largest absolute Gasteiger partial charge is 0.483 e. The molecule has 0 aromatic heterocycles. The Morgan fingerprint density at radius 3 is 2.60 bits per heavy atom. The molecule has 20 heavy (non-hydrogen) atoms. The topological polar surface area (TPSA) is 35.2 Å². The van der Waals surface area contributed by atoms with Crippen molar-refractivity contribution in [2.45, 2.75) is 25.5 Å². The number of nitrogens with two attached hydrogens (primary N) is 1. The van der Waals surface area contributed by atoms with Gasteiger partial charge in [0.05, 0.1) is 3.57 Å². The Balaban J connectivity index is 2.31. The van der Waals surface area contributed by atoms with Crippen LogP contribution in [0.15, 0.2) is 48.5 Å². The molecule has 2 N–H and O–H groups in total. The normalized spacial score (nSPS) is 13.8. The molecule has 0 spiro atoms. The van der Waals surface area contributed by atoms with Crippen LogP contribution < -0.4 is 10.5 Å². The van der Waals surface area contributed by atoms with Crippen molar-refractivity contribution in [1.29, 1.82) is 0 Å². The van der Waals surface area contributed by atoms with Crippen molar-refractivity contribution in [3.05, 3.63) is 63.5 Å². The van der Waals surface area contributed by atoms with Crippen molar-refractivity contribution >= 4 is 22.6 Å². The summed E-state index contributed by atoms with van der Waals surface area (Å²) in [4.78, 5) is 0. The molecule has 106 valence electrons. The van der Waals surface area contributed by atoms with Crippen LogP contribution in [-0.4, -0.2) is 6.04 Å². The summed E-state index contributed by atoms with van der Waals surface area (Å²) in [5.74, 6) is 0.494. The van der Waals surface area contributed by atoms with Crippen LogP contribution in [-0.2, 0) is 0 Å². The van der Waals surface area contributed by atoms with Gasteiger partial charge in [-0.2, -0.15) is 0 Å². The van der Waals surface area contributed by atoms with E-state index in [-0.39, 0.29) is 18.0 Å². The smallest absolute Gasteiger partial charge is 0.139 e. The Bertz CT molecular complexity index is 576. The molecule has 0 bridgehead atoms. The number of ether oxygens (including phenoxy) is 1. The molecule has 0 aliphatic carbocycles. The first-order chi connectivity index (χ1) is 9.61. The lowest BCUT2D eigenvalue weighted by Crippen LogP contribution is -2.31. The second-order valence-electron chi connectivity index (χ2n) is 4.60. The van der Waals surface area contributed by atoms with Gasteiger partial charge in [-0.3, -0.25) is 0 Å². The summed E-state index contributed by atoms with van der Waals surface area (Å²) in [7, 11) is 0. The van der Waals surface area contributed by atoms with Gasteiger partial charge in [-0.25, -0.2) is 4.39 Å². The molecule has 0 saturated carbocycles. The van der Waals surface area contributed by atoms with E-state index in [4.69, 9.17) is 10.5 Å². The molecule has 2 rings (SSSR count). The summed E-state index contributed by atoms with van der Waals surface area (Å²) in [6, 6.07) is 14.0. The Kier molecular flexibility index (Phi) is 5.37. The third-order valence-electron chi connectivity index (χ3n) is 3.13. The Morgan fingerprint density at radius 1 is 1.20 bits per heavy atom. The maximum atomic E-state index is 13.4. The maximum Gasteiger partial charge on any atom is 0.139 e. The van der Waals surface area contributed by atoms with Crippen molar-refractivity contribution < 1.29 is 9.13 Å². The van der Waals surface area contributed by atoms with Crippen LogP contribution in [0.1, 0.15) is 25.0 Å². The van der Waals surface area contributed by atoms with Crippen LogP contribution in [0.25, 0.3) is 0 Å². The predicted octanol–water partition coefficient (Wildman–Crippen LogP) is 4.29. The molecule has 0 aliphatic heterocycles. The van der Waals surface area contributed by atoms with E-state index in [1.807, 2.05) is 37.3 Å². The highest BCUT2D eigenvalue weighted by Gasteiger charge is 2.21. The maximum absolute atomic E-state index is 13.4. The Morgan fingerprint density at radius 2 is 1.95 bits per heavy atom. The first kappa shape index (κ1) is 15.3. The number of hydrogen-bond donors (Lipinski definition) is 1. The van der Waals surface area contributed by atoms with E-state index in [2.05, 4.69) is 22.6 Å². The SMILES string of the molecule is CCC(N)C(Oc1ccccc1I)c1cccc(F)c1. The fourth-order valence-corrected chi connectivity index (χ4v) is 2.49. The lowest BCUT2D eigenvalue weighted by atomic mass is 10.0. The molecule has 2 atom stereocenters. The van der Waals surface area contributed by atoms with E-state index >= 15 is 0 Å². The second-order valence-corrected chi connectivity index (χ2v) is 5.76. The summed E-state index contributed by atoms with van der Waals surface area (Å²) in [5.41, 5.74) is 6.91. The van der Waals surface area contributed by atoms with Gasteiger partial charge in [0, 0.05) is 6.04 Å². The van der Waals surface area contributed by atoms with Crippen molar-refractivity contribution in [3.63, 3.8) is 0 Å². The molecule has 0 fully saturated rings. The summed E-state index contributed by atoms with van der Waals surface area (Å²) in [5, 5.41) is 0. The average Bonchev–Trinajstić information content (AvgIpc) is 2.45. The highest BCUT2D eigenvalue weighted by atomic mass is 127. The molecular formula is C16H17FINO. The third kappa shape index (κ3) is 3.70. The number of rotatable bonds is 5. The number of benzene rings is 2. The van der Waals surface area contributed by atoms with Gasteiger partial charge < -0.3 is 10.5 Å². The van der Waals surface area contributed by atoms with E-state index < -0.39 is 0 Å². The molecule has 0 amide bonds. The number of para-hydroxylation sites is 1. The zero-order valence-electron chi connectivity index (χ0n) is 11.2. The lowest BCUT2D eigenvalue weighted by molar-refractivity contribution is 0.169. The molecule has 2 nitrogen and oxygen atoms in total. The predicted molar refractivity (Wildman–Crippen MR) is 87.2 cm³/mol. The molecule has 2 aromatic rings. The van der Waals surface area contributed by atoms with Gasteiger partial charge in [0.2, 0.25) is 0 Å². The lowest BCUT2D eigenvalue weighted by Gasteiger charge is -2.25. The Hall–Kier alpha value is -1.14. The van der Waals surface area contributed by atoms with Gasteiger partial charge in [0.1, 0.15) is 17.7 Å². The van der Waals surface area contributed by atoms with Gasteiger partial charge in [-0.05, 0) is 58.8 Å². The molecule has 4 heteroatoms. The summed E-state index contributed by atoms with van der Waals surface area (Å²) in [6.07, 6.45) is 0.400. The van der Waals surface area contributed by atoms with E-state index in [1.54, 1.807) is 6.07 Å². The van der Waals surface area contributed by atoms with Gasteiger partial charge >= 0.3 is 0 Å². The summed E-state index contributed by atoms with van der Waals surface area (Å²) < 4.78 is 20.5. The van der Waals surface area contributed by atoms with E-state index in [0.29, 0.717) is 0 Å². The standard InChI is InChI=1S/C16H17FINO/c1-2-14(19)16(11-6-5-7-12(17)10-11)20-15-9-4-3-8-13(15)18/h3-10,14,16H,2,19H2,1H3. The zero-order valence-corrected chi connectivity index (χ0v) is 13.4. The van der Waals surface area contributed by atoms with Crippen molar-refractivity contribution in [3.8, 4) is 5.75 Å². The second kappa shape index (κ2) is 7.04. The summed E-state index contributed by atoms with van der Waals surface area (Å²) in [6.45, 7) is 2.00. The first-order valence-corrected chi connectivity index (χ1v) is 7.62. The average molecular weight is 385 g/mol. The van der Waals surface area contributed by atoms with Crippen molar-refractivity contribution in [2.24, 2.45) is 5.73 Å². The van der Waals surface area contributed by atoms with Crippen LogP contribution in [0, 0.1) is 9.39 Å². The van der Waals surface area contributed by atoms with E-state index in [0.717, 1.165) is 21.3 Å². The molecule has 0 aliphatic rings. The minimum atomic E-state index is -0.355. The summed E-state index contributed by atoms with van der Waals surface area (Å²) >= 11 is 2.22. The molecule has 0 heterocycles. The molecular weight excluding hydrogens is 368 g/mol. The van der Waals surface area contributed by atoms with Gasteiger partial charge in [0.25, 0.3) is 0 Å². The highest BCUT2D eigenvalue weighted by molar-refractivity contribution is 14.1. The van der Waals surface area contributed by atoms with Crippen LogP contribution in [0.5, 0.6) is 5.75 Å². The fourth-order valence-electron chi connectivity index (χ4n) is 1.98. The van der Waals surface area contributed by atoms with Crippen LogP contribution in [0.4, 0.5) is 4.39 Å². The van der Waals surface area contributed by atoms with Crippen molar-refractivity contribution in [1.82, 2.24) is 0 Å². The minimum Gasteiger partial charge on any atom is -0.483 e. The van der Waals surface area contributed by atoms with E-state index in [1.165, 1.54) is 12.1 Å². The van der Waals surface area contributed by atoms with Crippen molar-refractivity contribution in [2.75, 3.05) is 0 Å². The zero-order chi connectivity index (χ0) is 14.5. The molecule has 0 saturated heterocycles. The number of halogens is 2. The van der Waals surface area contributed by atoms with Crippen LogP contribution in [0.3, 0.4) is 0 Å². The van der Waals surface area contributed by atoms with E-state index in [9.17, 15) is 4.39 Å².